The number of hydrogen-bond acceptors (Lipinski definition) is 2. The smallest absolute Gasteiger partial charge is 0.314 e. The first-order valence-corrected chi connectivity index (χ1v) is 6.58. The van der Waals surface area contributed by atoms with Gasteiger partial charge < -0.3 is 9.84 Å². The van der Waals surface area contributed by atoms with Gasteiger partial charge in [-0.25, -0.2) is 4.39 Å². The zero-order chi connectivity index (χ0) is 15.5. The largest absolute Gasteiger partial charge is 0.497 e. The first kappa shape index (κ1) is 15.0. The molecule has 0 heterocycles. The molecule has 0 saturated carbocycles. The van der Waals surface area contributed by atoms with Crippen LogP contribution < -0.4 is 4.74 Å². The molecule has 0 spiro atoms. The lowest BCUT2D eigenvalue weighted by Crippen LogP contribution is -2.35. The van der Waals surface area contributed by atoms with Gasteiger partial charge in [-0.2, -0.15) is 0 Å². The van der Waals surface area contributed by atoms with Gasteiger partial charge in [-0.1, -0.05) is 30.3 Å². The lowest BCUT2D eigenvalue weighted by atomic mass is 9.77. The molecule has 0 bridgehead atoms. The van der Waals surface area contributed by atoms with Gasteiger partial charge in [0.1, 0.15) is 11.6 Å². The van der Waals surface area contributed by atoms with E-state index in [4.69, 9.17) is 4.74 Å². The third-order valence-electron chi connectivity index (χ3n) is 3.66. The van der Waals surface area contributed by atoms with E-state index in [2.05, 4.69) is 0 Å². The van der Waals surface area contributed by atoms with Crippen LogP contribution in [0.3, 0.4) is 0 Å². The molecule has 0 aliphatic heterocycles. The van der Waals surface area contributed by atoms with Crippen molar-refractivity contribution in [1.82, 2.24) is 0 Å². The van der Waals surface area contributed by atoms with E-state index in [0.717, 1.165) is 5.56 Å². The lowest BCUT2D eigenvalue weighted by Gasteiger charge is -2.26. The number of ether oxygens (including phenoxy) is 1. The highest BCUT2D eigenvalue weighted by Crippen LogP contribution is 2.31. The Morgan fingerprint density at radius 3 is 2.33 bits per heavy atom. The number of carboxylic acid groups (broad SMARTS) is 1. The Labute approximate surface area is 123 Å². The van der Waals surface area contributed by atoms with Gasteiger partial charge in [0.25, 0.3) is 0 Å². The van der Waals surface area contributed by atoms with Gasteiger partial charge in [0, 0.05) is 5.56 Å². The number of benzene rings is 2. The maximum Gasteiger partial charge on any atom is 0.314 e. The fourth-order valence-electron chi connectivity index (χ4n) is 2.35. The summed E-state index contributed by atoms with van der Waals surface area (Å²) in [7, 11) is 1.57. The zero-order valence-corrected chi connectivity index (χ0v) is 12.0. The summed E-state index contributed by atoms with van der Waals surface area (Å²) in [5, 5.41) is 9.58. The molecule has 0 fully saturated rings. The van der Waals surface area contributed by atoms with Crippen molar-refractivity contribution in [3.8, 4) is 5.75 Å². The highest BCUT2D eigenvalue weighted by atomic mass is 19.1. The summed E-state index contributed by atoms with van der Waals surface area (Å²) in [4.78, 5) is 11.7. The molecular formula is C17H17FO3. The molecule has 0 aliphatic rings. The van der Waals surface area contributed by atoms with Crippen LogP contribution in [0.5, 0.6) is 5.75 Å². The summed E-state index contributed by atoms with van der Waals surface area (Å²) in [6.07, 6.45) is 0.202. The van der Waals surface area contributed by atoms with Crippen LogP contribution in [0.1, 0.15) is 18.1 Å². The predicted molar refractivity (Wildman–Crippen MR) is 78.1 cm³/mol. The summed E-state index contributed by atoms with van der Waals surface area (Å²) >= 11 is 0. The molecule has 1 unspecified atom stereocenters. The summed E-state index contributed by atoms with van der Waals surface area (Å²) in [5.41, 5.74) is -0.322. The van der Waals surface area contributed by atoms with Crippen LogP contribution in [-0.2, 0) is 16.6 Å². The van der Waals surface area contributed by atoms with Crippen LogP contribution in [0.25, 0.3) is 0 Å². The molecule has 2 aromatic rings. The molecule has 0 radical (unpaired) electrons. The SMILES string of the molecule is COc1ccc(CC(C)(C(=O)O)c2ccccc2F)cc1. The summed E-state index contributed by atoms with van der Waals surface area (Å²) in [5.74, 6) is -0.860. The van der Waals surface area contributed by atoms with E-state index in [1.54, 1.807) is 43.5 Å². The normalized spacial score (nSPS) is 13.5. The molecule has 4 heteroatoms. The Morgan fingerprint density at radius 1 is 1.19 bits per heavy atom. The molecule has 110 valence electrons. The van der Waals surface area contributed by atoms with Gasteiger partial charge in [0.2, 0.25) is 0 Å². The Hall–Kier alpha value is -2.36. The number of rotatable bonds is 5. The number of carboxylic acids is 1. The molecule has 2 aromatic carbocycles. The van der Waals surface area contributed by atoms with Crippen molar-refractivity contribution < 1.29 is 19.0 Å². The number of carbonyl (C=O) groups is 1. The Balaban J connectivity index is 2.38. The van der Waals surface area contributed by atoms with Crippen molar-refractivity contribution >= 4 is 5.97 Å². The third kappa shape index (κ3) is 3.05. The van der Waals surface area contributed by atoms with Crippen LogP contribution in [0.15, 0.2) is 48.5 Å². The van der Waals surface area contributed by atoms with E-state index in [1.807, 2.05) is 0 Å². The van der Waals surface area contributed by atoms with Gasteiger partial charge in [0.05, 0.1) is 12.5 Å². The van der Waals surface area contributed by atoms with Gasteiger partial charge in [-0.05, 0) is 37.1 Å². The highest BCUT2D eigenvalue weighted by molar-refractivity contribution is 5.81. The molecular weight excluding hydrogens is 271 g/mol. The van der Waals surface area contributed by atoms with E-state index in [0.29, 0.717) is 5.75 Å². The first-order chi connectivity index (χ1) is 9.97. The molecule has 0 saturated heterocycles. The van der Waals surface area contributed by atoms with Gasteiger partial charge in [0.15, 0.2) is 0 Å². The number of aliphatic carboxylic acids is 1. The Kier molecular flexibility index (Phi) is 4.26. The second-order valence-corrected chi connectivity index (χ2v) is 5.14. The fraction of sp³-hybridized carbons (Fsp3) is 0.235. The van der Waals surface area contributed by atoms with E-state index < -0.39 is 17.2 Å². The van der Waals surface area contributed by atoms with E-state index in [1.165, 1.54) is 19.1 Å². The molecule has 21 heavy (non-hydrogen) atoms. The van der Waals surface area contributed by atoms with E-state index in [-0.39, 0.29) is 12.0 Å². The molecule has 1 atom stereocenters. The Morgan fingerprint density at radius 2 is 1.81 bits per heavy atom. The minimum Gasteiger partial charge on any atom is -0.497 e. The molecule has 0 amide bonds. The minimum absolute atomic E-state index is 0.188. The molecule has 0 aliphatic carbocycles. The maximum absolute atomic E-state index is 14.0. The van der Waals surface area contributed by atoms with E-state index in [9.17, 15) is 14.3 Å². The highest BCUT2D eigenvalue weighted by Gasteiger charge is 2.37. The summed E-state index contributed by atoms with van der Waals surface area (Å²) in [6.45, 7) is 1.54. The van der Waals surface area contributed by atoms with Gasteiger partial charge in [-0.3, -0.25) is 4.79 Å². The standard InChI is InChI=1S/C17H17FO3/c1-17(16(19)20,14-5-3-4-6-15(14)18)11-12-7-9-13(21-2)10-8-12/h3-10H,11H2,1-2H3,(H,19,20). The predicted octanol–water partition coefficient (Wildman–Crippen LogP) is 3.42. The van der Waals surface area contributed by atoms with Crippen LogP contribution in [0, 0.1) is 5.82 Å². The van der Waals surface area contributed by atoms with Crippen molar-refractivity contribution in [3.63, 3.8) is 0 Å². The van der Waals surface area contributed by atoms with Crippen LogP contribution in [0.4, 0.5) is 4.39 Å². The molecule has 0 aromatic heterocycles. The summed E-state index contributed by atoms with van der Waals surface area (Å²) in [6, 6.07) is 13.1. The monoisotopic (exact) mass is 288 g/mol. The zero-order valence-electron chi connectivity index (χ0n) is 12.0. The lowest BCUT2D eigenvalue weighted by molar-refractivity contribution is -0.143. The number of hydrogen-bond donors (Lipinski definition) is 1. The van der Waals surface area contributed by atoms with Crippen LogP contribution in [-0.4, -0.2) is 18.2 Å². The Bertz CT molecular complexity index is 637. The second-order valence-electron chi connectivity index (χ2n) is 5.14. The van der Waals surface area contributed by atoms with Crippen molar-refractivity contribution in [1.29, 1.82) is 0 Å². The third-order valence-corrected chi connectivity index (χ3v) is 3.66. The van der Waals surface area contributed by atoms with Gasteiger partial charge in [-0.15, -0.1) is 0 Å². The average molecular weight is 288 g/mol. The minimum atomic E-state index is -1.32. The molecule has 2 rings (SSSR count). The topological polar surface area (TPSA) is 46.5 Å². The summed E-state index contributed by atoms with van der Waals surface area (Å²) < 4.78 is 19.1. The molecule has 3 nitrogen and oxygen atoms in total. The van der Waals surface area contributed by atoms with Crippen molar-refractivity contribution in [2.45, 2.75) is 18.8 Å². The van der Waals surface area contributed by atoms with Crippen molar-refractivity contribution in [3.05, 3.63) is 65.5 Å². The van der Waals surface area contributed by atoms with Crippen molar-refractivity contribution in [2.24, 2.45) is 0 Å². The number of methoxy groups -OCH3 is 1. The first-order valence-electron chi connectivity index (χ1n) is 6.58. The maximum atomic E-state index is 14.0. The van der Waals surface area contributed by atoms with Crippen LogP contribution in [0.2, 0.25) is 0 Å². The number of halogens is 1. The van der Waals surface area contributed by atoms with E-state index >= 15 is 0 Å². The fourth-order valence-corrected chi connectivity index (χ4v) is 2.35. The second kappa shape index (κ2) is 5.95. The van der Waals surface area contributed by atoms with Gasteiger partial charge >= 0.3 is 5.97 Å². The van der Waals surface area contributed by atoms with Crippen LogP contribution >= 0.6 is 0 Å². The van der Waals surface area contributed by atoms with Crippen molar-refractivity contribution in [2.75, 3.05) is 7.11 Å². The average Bonchev–Trinajstić information content (AvgIpc) is 2.48. The molecule has 1 N–H and O–H groups in total. The quantitative estimate of drug-likeness (QED) is 0.917.